The molecule has 0 saturated heterocycles. The van der Waals surface area contributed by atoms with Crippen molar-refractivity contribution in [2.75, 3.05) is 6.54 Å². The van der Waals surface area contributed by atoms with E-state index in [0.717, 1.165) is 25.8 Å². The Bertz CT molecular complexity index is 515. The number of nitrogens with zero attached hydrogens (tertiary/aromatic N) is 1. The zero-order valence-electron chi connectivity index (χ0n) is 14.7. The summed E-state index contributed by atoms with van der Waals surface area (Å²) in [5.41, 5.74) is 2.88. The summed E-state index contributed by atoms with van der Waals surface area (Å²) in [4.78, 5) is 12.0. The van der Waals surface area contributed by atoms with Crippen molar-refractivity contribution in [1.82, 2.24) is 5.32 Å². The van der Waals surface area contributed by atoms with Gasteiger partial charge in [-0.3, -0.25) is 4.79 Å². The molecule has 0 fully saturated rings. The van der Waals surface area contributed by atoms with Crippen LogP contribution in [0.2, 0.25) is 0 Å². The Hall–Kier alpha value is -1.64. The molecular formula is C20H31N2O+. The van der Waals surface area contributed by atoms with E-state index in [9.17, 15) is 4.79 Å². The lowest BCUT2D eigenvalue weighted by atomic mass is 9.95. The van der Waals surface area contributed by atoms with Gasteiger partial charge in [0.1, 0.15) is 0 Å². The molecule has 0 unspecified atom stereocenters. The minimum atomic E-state index is 0.0988. The molecule has 3 nitrogen and oxygen atoms in total. The summed E-state index contributed by atoms with van der Waals surface area (Å²) >= 11 is 0. The van der Waals surface area contributed by atoms with Crippen molar-refractivity contribution in [3.63, 3.8) is 0 Å². The zero-order chi connectivity index (χ0) is 16.5. The number of pyridine rings is 1. The molecule has 1 amide bonds. The van der Waals surface area contributed by atoms with E-state index in [0.29, 0.717) is 12.5 Å². The van der Waals surface area contributed by atoms with Crippen LogP contribution in [0.3, 0.4) is 0 Å². The fraction of sp³-hybridized carbons (Fsp3) is 0.600. The summed E-state index contributed by atoms with van der Waals surface area (Å²) in [6, 6.07) is 4.30. The molecule has 0 aliphatic heterocycles. The van der Waals surface area contributed by atoms with Crippen LogP contribution in [0.25, 0.3) is 0 Å². The van der Waals surface area contributed by atoms with Crippen molar-refractivity contribution in [3.8, 4) is 0 Å². The minimum absolute atomic E-state index is 0.0988. The van der Waals surface area contributed by atoms with Crippen LogP contribution in [0.4, 0.5) is 0 Å². The summed E-state index contributed by atoms with van der Waals surface area (Å²) < 4.78 is 1.96. The molecule has 0 bridgehead atoms. The molecular weight excluding hydrogens is 284 g/mol. The topological polar surface area (TPSA) is 33.0 Å². The van der Waals surface area contributed by atoms with Gasteiger partial charge in [-0.15, -0.1) is 0 Å². The second-order valence-electron chi connectivity index (χ2n) is 6.53. The van der Waals surface area contributed by atoms with E-state index in [1.54, 1.807) is 0 Å². The Morgan fingerprint density at radius 3 is 2.57 bits per heavy atom. The van der Waals surface area contributed by atoms with E-state index in [2.05, 4.69) is 37.4 Å². The van der Waals surface area contributed by atoms with Crippen LogP contribution in [-0.2, 0) is 11.3 Å². The second-order valence-corrected chi connectivity index (χ2v) is 6.53. The molecule has 1 N–H and O–H groups in total. The normalized spacial score (nSPS) is 14.7. The lowest BCUT2D eigenvalue weighted by molar-refractivity contribution is -0.684. The van der Waals surface area contributed by atoms with E-state index >= 15 is 0 Å². The summed E-state index contributed by atoms with van der Waals surface area (Å²) in [6.45, 7) is 5.62. The molecule has 1 aromatic rings. The second kappa shape index (κ2) is 9.49. The molecule has 0 saturated carbocycles. The summed E-state index contributed by atoms with van der Waals surface area (Å²) in [6.07, 6.45) is 14.8. The lowest BCUT2D eigenvalue weighted by Crippen LogP contribution is -2.42. The average Bonchev–Trinajstić information content (AvgIpc) is 2.58. The van der Waals surface area contributed by atoms with Crippen molar-refractivity contribution in [2.24, 2.45) is 0 Å². The van der Waals surface area contributed by atoms with Crippen LogP contribution in [0, 0.1) is 0 Å². The molecule has 1 aromatic heterocycles. The first-order chi connectivity index (χ1) is 11.2. The van der Waals surface area contributed by atoms with Gasteiger partial charge in [0.05, 0.1) is 0 Å². The maximum Gasteiger partial charge on any atom is 0.285 e. The Labute approximate surface area is 140 Å². The first-order valence-corrected chi connectivity index (χ1v) is 9.16. The summed E-state index contributed by atoms with van der Waals surface area (Å²) in [5.74, 6) is 0.726. The van der Waals surface area contributed by atoms with Crippen molar-refractivity contribution in [1.29, 1.82) is 0 Å². The van der Waals surface area contributed by atoms with Crippen LogP contribution in [0.15, 0.2) is 36.2 Å². The van der Waals surface area contributed by atoms with E-state index < -0.39 is 0 Å². The first kappa shape index (κ1) is 17.7. The van der Waals surface area contributed by atoms with Crippen LogP contribution in [0.5, 0.6) is 0 Å². The quantitative estimate of drug-likeness (QED) is 0.573. The Morgan fingerprint density at radius 1 is 1.22 bits per heavy atom. The molecule has 0 radical (unpaired) electrons. The van der Waals surface area contributed by atoms with Crippen LogP contribution >= 0.6 is 0 Å². The molecule has 0 aromatic carbocycles. The number of nitrogens with one attached hydrogen (secondary N) is 1. The molecule has 2 rings (SSSR count). The Balaban J connectivity index is 1.75. The van der Waals surface area contributed by atoms with Gasteiger partial charge in [-0.25, -0.2) is 0 Å². The zero-order valence-corrected chi connectivity index (χ0v) is 14.7. The van der Waals surface area contributed by atoms with Crippen molar-refractivity contribution in [2.45, 2.75) is 71.3 Å². The molecule has 1 aliphatic rings. The van der Waals surface area contributed by atoms with E-state index in [-0.39, 0.29) is 5.91 Å². The van der Waals surface area contributed by atoms with E-state index in [1.165, 1.54) is 36.8 Å². The van der Waals surface area contributed by atoms with Crippen molar-refractivity contribution >= 4 is 5.91 Å². The smallest absolute Gasteiger partial charge is 0.285 e. The van der Waals surface area contributed by atoms with Crippen LogP contribution in [-0.4, -0.2) is 12.5 Å². The van der Waals surface area contributed by atoms with Gasteiger partial charge in [-0.2, -0.15) is 4.57 Å². The highest BCUT2D eigenvalue weighted by Crippen LogP contribution is 2.21. The van der Waals surface area contributed by atoms with Crippen LogP contribution in [0.1, 0.15) is 70.3 Å². The monoisotopic (exact) mass is 315 g/mol. The van der Waals surface area contributed by atoms with E-state index in [1.807, 2.05) is 17.0 Å². The molecule has 23 heavy (non-hydrogen) atoms. The van der Waals surface area contributed by atoms with Gasteiger partial charge in [0.15, 0.2) is 12.4 Å². The highest BCUT2D eigenvalue weighted by molar-refractivity contribution is 5.74. The highest BCUT2D eigenvalue weighted by atomic mass is 16.1. The fourth-order valence-electron chi connectivity index (χ4n) is 3.32. The number of carbonyl (C=O) groups excluding carboxylic acids is 1. The number of carbonyl (C=O) groups is 1. The van der Waals surface area contributed by atoms with Gasteiger partial charge in [-0.1, -0.05) is 25.5 Å². The third kappa shape index (κ3) is 5.81. The number of amides is 1. The van der Waals surface area contributed by atoms with Crippen molar-refractivity contribution in [3.05, 3.63) is 41.7 Å². The molecule has 1 aliphatic carbocycles. The number of allylic oxidation sites excluding steroid dienone is 1. The lowest BCUT2D eigenvalue weighted by Gasteiger charge is -2.12. The standard InChI is InChI=1S/C20H30N2O/c1-3-18(4-2)19-11-14-22(15-12-19)16-20(23)21-13-10-17-8-6-5-7-9-17/h8,11-12,14-15,18H,3-7,9-10,13,16H2,1-2H3/p+1. The largest absolute Gasteiger partial charge is 0.350 e. The molecule has 126 valence electrons. The average molecular weight is 315 g/mol. The third-order valence-electron chi connectivity index (χ3n) is 4.85. The first-order valence-electron chi connectivity index (χ1n) is 9.16. The molecule has 3 heteroatoms. The fourth-order valence-corrected chi connectivity index (χ4v) is 3.32. The van der Waals surface area contributed by atoms with Crippen LogP contribution < -0.4 is 9.88 Å². The number of rotatable bonds is 8. The third-order valence-corrected chi connectivity index (χ3v) is 4.85. The summed E-state index contributed by atoms with van der Waals surface area (Å²) in [5, 5.41) is 3.04. The molecule has 0 spiro atoms. The maximum absolute atomic E-state index is 12.0. The summed E-state index contributed by atoms with van der Waals surface area (Å²) in [7, 11) is 0. The van der Waals surface area contributed by atoms with Gasteiger partial charge in [0, 0.05) is 18.7 Å². The highest BCUT2D eigenvalue weighted by Gasteiger charge is 2.12. The number of hydrogen-bond donors (Lipinski definition) is 1. The Kier molecular flexibility index (Phi) is 7.31. The van der Waals surface area contributed by atoms with Gasteiger partial charge in [-0.05, 0) is 56.4 Å². The Morgan fingerprint density at radius 2 is 1.96 bits per heavy atom. The van der Waals surface area contributed by atoms with E-state index in [4.69, 9.17) is 0 Å². The van der Waals surface area contributed by atoms with Gasteiger partial charge in [0.2, 0.25) is 6.54 Å². The predicted octanol–water partition coefficient (Wildman–Crippen LogP) is 3.88. The van der Waals surface area contributed by atoms with Gasteiger partial charge < -0.3 is 5.32 Å². The minimum Gasteiger partial charge on any atom is -0.350 e. The van der Waals surface area contributed by atoms with Gasteiger partial charge in [0.25, 0.3) is 5.91 Å². The maximum atomic E-state index is 12.0. The number of hydrogen-bond acceptors (Lipinski definition) is 1. The van der Waals surface area contributed by atoms with Crippen molar-refractivity contribution < 1.29 is 9.36 Å². The number of aromatic nitrogens is 1. The SMILES string of the molecule is CCC(CC)c1cc[n+](CC(=O)NCCC2=CCCCC2)cc1. The predicted molar refractivity (Wildman–Crippen MR) is 94.1 cm³/mol. The molecule has 1 heterocycles. The van der Waals surface area contributed by atoms with Gasteiger partial charge >= 0.3 is 0 Å². The molecule has 0 atom stereocenters.